The third kappa shape index (κ3) is 5.15. The van der Waals surface area contributed by atoms with Crippen molar-refractivity contribution in [3.63, 3.8) is 0 Å². The molecule has 0 bridgehead atoms. The zero-order chi connectivity index (χ0) is 15.2. The van der Waals surface area contributed by atoms with Gasteiger partial charge in [-0.2, -0.15) is 0 Å². The van der Waals surface area contributed by atoms with Crippen molar-refractivity contribution in [2.24, 2.45) is 0 Å². The number of hydrogen-bond donors (Lipinski definition) is 2. The van der Waals surface area contributed by atoms with E-state index in [0.717, 1.165) is 21.7 Å². The third-order valence-electron chi connectivity index (χ3n) is 2.97. The first-order chi connectivity index (χ1) is 10.0. The van der Waals surface area contributed by atoms with E-state index in [9.17, 15) is 5.11 Å². The molecule has 0 amide bonds. The van der Waals surface area contributed by atoms with Crippen LogP contribution in [0.25, 0.3) is 0 Å². The van der Waals surface area contributed by atoms with E-state index >= 15 is 0 Å². The Morgan fingerprint density at radius 1 is 1.43 bits per heavy atom. The van der Waals surface area contributed by atoms with Gasteiger partial charge in [-0.05, 0) is 32.0 Å². The summed E-state index contributed by atoms with van der Waals surface area (Å²) in [7, 11) is 0. The normalized spacial score (nSPS) is 12.4. The molecule has 0 aliphatic rings. The van der Waals surface area contributed by atoms with Crippen LogP contribution in [-0.2, 0) is 6.54 Å². The van der Waals surface area contributed by atoms with Crippen molar-refractivity contribution in [1.29, 1.82) is 0 Å². The average Bonchev–Trinajstić information content (AvgIpc) is 2.75. The lowest BCUT2D eigenvalue weighted by molar-refractivity contribution is 0.105. The minimum atomic E-state index is -0.596. The number of aromatic nitrogens is 1. The van der Waals surface area contributed by atoms with E-state index in [4.69, 9.17) is 9.15 Å². The summed E-state index contributed by atoms with van der Waals surface area (Å²) in [4.78, 5) is 4.26. The van der Waals surface area contributed by atoms with E-state index in [0.29, 0.717) is 19.0 Å². The molecular weight excluding hydrogens is 336 g/mol. The number of nitrogens with zero attached hydrogens (tertiary/aromatic N) is 1. The Morgan fingerprint density at radius 2 is 2.24 bits per heavy atom. The van der Waals surface area contributed by atoms with Crippen molar-refractivity contribution in [1.82, 2.24) is 10.3 Å². The number of oxazole rings is 1. The second-order valence-corrected chi connectivity index (χ2v) is 5.72. The van der Waals surface area contributed by atoms with Crippen molar-refractivity contribution < 1.29 is 14.3 Å². The minimum Gasteiger partial charge on any atom is -0.491 e. The highest BCUT2D eigenvalue weighted by Crippen LogP contribution is 2.17. The van der Waals surface area contributed by atoms with Gasteiger partial charge in [0.25, 0.3) is 0 Å². The molecule has 1 heterocycles. The molecule has 0 radical (unpaired) electrons. The van der Waals surface area contributed by atoms with E-state index in [1.54, 1.807) is 0 Å². The number of ether oxygens (including phenoxy) is 1. The molecule has 1 aromatic carbocycles. The predicted molar refractivity (Wildman–Crippen MR) is 83.3 cm³/mol. The molecule has 114 valence electrons. The van der Waals surface area contributed by atoms with Gasteiger partial charge in [0.05, 0.1) is 12.2 Å². The quantitative estimate of drug-likeness (QED) is 0.799. The van der Waals surface area contributed by atoms with Gasteiger partial charge in [0, 0.05) is 11.0 Å². The smallest absolute Gasteiger partial charge is 0.208 e. The number of aliphatic hydroxyl groups excluding tert-OH is 1. The number of aliphatic hydroxyl groups is 1. The fourth-order valence-corrected chi connectivity index (χ4v) is 2.15. The molecule has 21 heavy (non-hydrogen) atoms. The van der Waals surface area contributed by atoms with Crippen molar-refractivity contribution in [2.75, 3.05) is 13.2 Å². The van der Waals surface area contributed by atoms with Gasteiger partial charge in [0.1, 0.15) is 24.2 Å². The van der Waals surface area contributed by atoms with Crippen LogP contribution in [-0.4, -0.2) is 29.3 Å². The van der Waals surface area contributed by atoms with Crippen molar-refractivity contribution in [3.8, 4) is 5.75 Å². The summed E-state index contributed by atoms with van der Waals surface area (Å²) in [6, 6.07) is 7.52. The molecule has 2 N–H and O–H groups in total. The molecule has 0 fully saturated rings. The van der Waals surface area contributed by atoms with Gasteiger partial charge < -0.3 is 19.6 Å². The molecule has 1 atom stereocenters. The highest BCUT2D eigenvalue weighted by atomic mass is 79.9. The Labute approximate surface area is 132 Å². The Bertz CT molecular complexity index is 567. The van der Waals surface area contributed by atoms with Gasteiger partial charge in [-0.1, -0.05) is 22.0 Å². The van der Waals surface area contributed by atoms with Gasteiger partial charge in [0.2, 0.25) is 5.89 Å². The second kappa shape index (κ2) is 7.59. The molecule has 0 aliphatic carbocycles. The van der Waals surface area contributed by atoms with Gasteiger partial charge in [-0.3, -0.25) is 0 Å². The van der Waals surface area contributed by atoms with Gasteiger partial charge in [-0.15, -0.1) is 0 Å². The molecule has 2 aromatic rings. The maximum absolute atomic E-state index is 9.87. The molecule has 0 saturated carbocycles. The van der Waals surface area contributed by atoms with Gasteiger partial charge in [0.15, 0.2) is 0 Å². The monoisotopic (exact) mass is 354 g/mol. The van der Waals surface area contributed by atoms with Crippen LogP contribution < -0.4 is 10.1 Å². The largest absolute Gasteiger partial charge is 0.491 e. The first-order valence-electron chi connectivity index (χ1n) is 6.74. The van der Waals surface area contributed by atoms with Crippen molar-refractivity contribution in [3.05, 3.63) is 46.1 Å². The Kier molecular flexibility index (Phi) is 5.78. The number of nitrogens with one attached hydrogen (secondary N) is 1. The lowest BCUT2D eigenvalue weighted by Gasteiger charge is -2.12. The van der Waals surface area contributed by atoms with E-state index in [1.807, 2.05) is 38.1 Å². The van der Waals surface area contributed by atoms with E-state index < -0.39 is 6.10 Å². The van der Waals surface area contributed by atoms with Crippen molar-refractivity contribution >= 4 is 15.9 Å². The fourth-order valence-electron chi connectivity index (χ4n) is 1.77. The molecule has 0 spiro atoms. The van der Waals surface area contributed by atoms with Gasteiger partial charge in [-0.25, -0.2) is 4.98 Å². The summed E-state index contributed by atoms with van der Waals surface area (Å²) in [5.41, 5.74) is 0.894. The number of benzene rings is 1. The maximum atomic E-state index is 9.87. The van der Waals surface area contributed by atoms with Crippen LogP contribution in [0.4, 0.5) is 0 Å². The average molecular weight is 355 g/mol. The van der Waals surface area contributed by atoms with E-state index in [1.165, 1.54) is 0 Å². The molecular formula is C15H19BrN2O3. The summed E-state index contributed by atoms with van der Waals surface area (Å²) in [5.74, 6) is 2.18. The summed E-state index contributed by atoms with van der Waals surface area (Å²) in [5, 5.41) is 13.0. The Hall–Kier alpha value is -1.37. The molecule has 0 aliphatic heterocycles. The first-order valence-corrected chi connectivity index (χ1v) is 7.54. The van der Waals surface area contributed by atoms with Crippen LogP contribution in [0.1, 0.15) is 17.3 Å². The predicted octanol–water partition coefficient (Wildman–Crippen LogP) is 2.58. The first kappa shape index (κ1) is 16.0. The number of halogens is 1. The SMILES string of the molecule is Cc1nc(CNCC(O)COc2cccc(Br)c2)oc1C. The molecule has 6 heteroatoms. The lowest BCUT2D eigenvalue weighted by atomic mass is 10.3. The zero-order valence-electron chi connectivity index (χ0n) is 12.1. The van der Waals surface area contributed by atoms with Crippen LogP contribution in [0, 0.1) is 13.8 Å². The third-order valence-corrected chi connectivity index (χ3v) is 3.46. The molecule has 2 rings (SSSR count). The topological polar surface area (TPSA) is 67.5 Å². The second-order valence-electron chi connectivity index (χ2n) is 4.80. The summed E-state index contributed by atoms with van der Waals surface area (Å²) >= 11 is 3.37. The van der Waals surface area contributed by atoms with Crippen LogP contribution in [0.2, 0.25) is 0 Å². The standard InChI is InChI=1S/C15H19BrN2O3/c1-10-11(2)21-15(18-10)8-17-7-13(19)9-20-14-5-3-4-12(16)6-14/h3-6,13,17,19H,7-9H2,1-2H3. The van der Waals surface area contributed by atoms with Crippen LogP contribution in [0.3, 0.4) is 0 Å². The number of hydrogen-bond acceptors (Lipinski definition) is 5. The fraction of sp³-hybridized carbons (Fsp3) is 0.400. The van der Waals surface area contributed by atoms with Crippen LogP contribution in [0.15, 0.2) is 33.2 Å². The highest BCUT2D eigenvalue weighted by molar-refractivity contribution is 9.10. The summed E-state index contributed by atoms with van der Waals surface area (Å²) in [6.07, 6.45) is -0.596. The lowest BCUT2D eigenvalue weighted by Crippen LogP contribution is -2.31. The van der Waals surface area contributed by atoms with Crippen molar-refractivity contribution in [2.45, 2.75) is 26.5 Å². The number of rotatable bonds is 7. The zero-order valence-corrected chi connectivity index (χ0v) is 13.7. The molecule has 1 aromatic heterocycles. The Balaban J connectivity index is 1.69. The highest BCUT2D eigenvalue weighted by Gasteiger charge is 2.08. The summed E-state index contributed by atoms with van der Waals surface area (Å²) < 4.78 is 11.9. The van der Waals surface area contributed by atoms with Crippen LogP contribution in [0.5, 0.6) is 5.75 Å². The molecule has 1 unspecified atom stereocenters. The van der Waals surface area contributed by atoms with Gasteiger partial charge >= 0.3 is 0 Å². The summed E-state index contributed by atoms with van der Waals surface area (Å²) in [6.45, 7) is 4.92. The van der Waals surface area contributed by atoms with E-state index in [2.05, 4.69) is 26.2 Å². The Morgan fingerprint density at radius 3 is 2.90 bits per heavy atom. The molecule has 0 saturated heterocycles. The maximum Gasteiger partial charge on any atom is 0.208 e. The van der Waals surface area contributed by atoms with Crippen LogP contribution >= 0.6 is 15.9 Å². The number of aryl methyl sites for hydroxylation is 2. The molecule has 5 nitrogen and oxygen atoms in total. The van der Waals surface area contributed by atoms with E-state index in [-0.39, 0.29) is 6.61 Å². The minimum absolute atomic E-state index is 0.229.